The lowest BCUT2D eigenvalue weighted by Crippen LogP contribution is -2.38. The number of ether oxygens (including phenoxy) is 1. The largest absolute Gasteiger partial charge is 0.464 e. The van der Waals surface area contributed by atoms with E-state index in [9.17, 15) is 9.59 Å². The molecule has 1 aliphatic rings. The quantitative estimate of drug-likeness (QED) is 0.696. The van der Waals surface area contributed by atoms with Gasteiger partial charge in [0.05, 0.1) is 12.4 Å². The lowest BCUT2D eigenvalue weighted by Gasteiger charge is -2.08. The van der Waals surface area contributed by atoms with E-state index < -0.39 is 6.04 Å². The van der Waals surface area contributed by atoms with Crippen LogP contribution in [0.2, 0.25) is 0 Å². The molecule has 0 aliphatic carbocycles. The standard InChI is InChI=1S/C16H15NO3S/c18-15(17-14-7-8-20-16(14)19)10-21-13-6-5-11-3-1-2-4-12(11)9-13/h1-6,9,14H,7-8,10H2,(H,17,18). The number of esters is 1. The van der Waals surface area contributed by atoms with Crippen LogP contribution in [0.4, 0.5) is 0 Å². The van der Waals surface area contributed by atoms with Gasteiger partial charge in [0.1, 0.15) is 6.04 Å². The number of cyclic esters (lactones) is 1. The molecule has 1 saturated heterocycles. The Morgan fingerprint density at radius 3 is 2.81 bits per heavy atom. The molecular weight excluding hydrogens is 286 g/mol. The third-order valence-corrected chi connectivity index (χ3v) is 4.36. The van der Waals surface area contributed by atoms with Crippen molar-refractivity contribution in [3.05, 3.63) is 42.5 Å². The molecule has 0 saturated carbocycles. The van der Waals surface area contributed by atoms with Crippen LogP contribution in [-0.2, 0) is 14.3 Å². The number of hydrogen-bond acceptors (Lipinski definition) is 4. The fourth-order valence-electron chi connectivity index (χ4n) is 2.27. The van der Waals surface area contributed by atoms with Crippen LogP contribution < -0.4 is 5.32 Å². The van der Waals surface area contributed by atoms with Crippen LogP contribution in [0.15, 0.2) is 47.4 Å². The molecule has 0 bridgehead atoms. The number of hydrogen-bond donors (Lipinski definition) is 1. The number of thioether (sulfide) groups is 1. The summed E-state index contributed by atoms with van der Waals surface area (Å²) in [7, 11) is 0. The third kappa shape index (κ3) is 3.36. The van der Waals surface area contributed by atoms with Gasteiger partial charge >= 0.3 is 5.97 Å². The van der Waals surface area contributed by atoms with E-state index in [2.05, 4.69) is 17.4 Å². The molecule has 1 fully saturated rings. The summed E-state index contributed by atoms with van der Waals surface area (Å²) < 4.78 is 4.82. The molecule has 1 atom stereocenters. The summed E-state index contributed by atoms with van der Waals surface area (Å²) in [6.07, 6.45) is 0.561. The maximum absolute atomic E-state index is 11.8. The molecule has 21 heavy (non-hydrogen) atoms. The molecule has 108 valence electrons. The Kier molecular flexibility index (Phi) is 4.10. The monoisotopic (exact) mass is 301 g/mol. The molecule has 3 rings (SSSR count). The van der Waals surface area contributed by atoms with Gasteiger partial charge in [0.15, 0.2) is 0 Å². The summed E-state index contributed by atoms with van der Waals surface area (Å²) >= 11 is 1.46. The molecule has 1 amide bonds. The van der Waals surface area contributed by atoms with Gasteiger partial charge in [-0.25, -0.2) is 4.79 Å². The summed E-state index contributed by atoms with van der Waals surface area (Å²) in [5.41, 5.74) is 0. The lowest BCUT2D eigenvalue weighted by atomic mass is 10.1. The maximum Gasteiger partial charge on any atom is 0.328 e. The van der Waals surface area contributed by atoms with Crippen LogP contribution in [0.1, 0.15) is 6.42 Å². The zero-order valence-corrected chi connectivity index (χ0v) is 12.2. The molecule has 4 nitrogen and oxygen atoms in total. The fraction of sp³-hybridized carbons (Fsp3) is 0.250. The smallest absolute Gasteiger partial charge is 0.328 e. The van der Waals surface area contributed by atoms with Gasteiger partial charge in [-0.3, -0.25) is 4.79 Å². The first-order chi connectivity index (χ1) is 10.2. The number of benzene rings is 2. The fourth-order valence-corrected chi connectivity index (χ4v) is 3.02. The van der Waals surface area contributed by atoms with Crippen LogP contribution in [0.3, 0.4) is 0 Å². The SMILES string of the molecule is O=C(CSc1ccc2ccccc2c1)NC1CCOC1=O. The van der Waals surface area contributed by atoms with Gasteiger partial charge in [0, 0.05) is 11.3 Å². The van der Waals surface area contributed by atoms with E-state index in [-0.39, 0.29) is 11.9 Å². The van der Waals surface area contributed by atoms with E-state index in [0.717, 1.165) is 10.3 Å². The molecule has 0 radical (unpaired) electrons. The highest BCUT2D eigenvalue weighted by Gasteiger charge is 2.27. The molecule has 5 heteroatoms. The first kappa shape index (κ1) is 13.9. The van der Waals surface area contributed by atoms with Crippen LogP contribution in [0.5, 0.6) is 0 Å². The van der Waals surface area contributed by atoms with Crippen molar-refractivity contribution in [3.8, 4) is 0 Å². The molecule has 1 heterocycles. The predicted octanol–water partition coefficient (Wildman–Crippen LogP) is 2.36. The topological polar surface area (TPSA) is 55.4 Å². The second-order valence-electron chi connectivity index (χ2n) is 4.87. The number of carbonyl (C=O) groups is 2. The Balaban J connectivity index is 1.58. The van der Waals surface area contributed by atoms with Crippen molar-refractivity contribution >= 4 is 34.4 Å². The molecule has 0 aromatic heterocycles. The predicted molar refractivity (Wildman–Crippen MR) is 82.2 cm³/mol. The van der Waals surface area contributed by atoms with Crippen molar-refractivity contribution in [1.82, 2.24) is 5.32 Å². The van der Waals surface area contributed by atoms with E-state index in [1.54, 1.807) is 0 Å². The van der Waals surface area contributed by atoms with Crippen molar-refractivity contribution in [3.63, 3.8) is 0 Å². The Bertz CT molecular complexity index is 686. The third-order valence-electron chi connectivity index (χ3n) is 3.36. The number of nitrogens with one attached hydrogen (secondary N) is 1. The number of fused-ring (bicyclic) bond motifs is 1. The van der Waals surface area contributed by atoms with E-state index >= 15 is 0 Å². The first-order valence-electron chi connectivity index (χ1n) is 6.80. The molecule has 2 aromatic rings. The highest BCUT2D eigenvalue weighted by Crippen LogP contribution is 2.23. The van der Waals surface area contributed by atoms with Gasteiger partial charge in [-0.15, -0.1) is 11.8 Å². The van der Waals surface area contributed by atoms with Gasteiger partial charge in [0.2, 0.25) is 5.91 Å². The second-order valence-corrected chi connectivity index (χ2v) is 5.92. The van der Waals surface area contributed by atoms with Crippen molar-refractivity contribution < 1.29 is 14.3 Å². The Morgan fingerprint density at radius 2 is 2.05 bits per heavy atom. The highest BCUT2D eigenvalue weighted by molar-refractivity contribution is 8.00. The minimum Gasteiger partial charge on any atom is -0.464 e. The summed E-state index contributed by atoms with van der Waals surface area (Å²) in [4.78, 5) is 24.2. The molecule has 1 N–H and O–H groups in total. The van der Waals surface area contributed by atoms with Crippen LogP contribution in [0, 0.1) is 0 Å². The van der Waals surface area contributed by atoms with Crippen LogP contribution >= 0.6 is 11.8 Å². The molecular formula is C16H15NO3S. The van der Waals surface area contributed by atoms with Crippen LogP contribution in [0.25, 0.3) is 10.8 Å². The molecule has 0 spiro atoms. The van der Waals surface area contributed by atoms with E-state index in [0.29, 0.717) is 18.8 Å². The normalized spacial score (nSPS) is 17.7. The second kappa shape index (κ2) is 6.18. The lowest BCUT2D eigenvalue weighted by molar-refractivity contribution is -0.141. The van der Waals surface area contributed by atoms with E-state index in [4.69, 9.17) is 4.74 Å². The minimum atomic E-state index is -0.477. The Morgan fingerprint density at radius 1 is 1.24 bits per heavy atom. The van der Waals surface area contributed by atoms with Crippen molar-refractivity contribution in [1.29, 1.82) is 0 Å². The van der Waals surface area contributed by atoms with Crippen molar-refractivity contribution in [2.75, 3.05) is 12.4 Å². The zero-order chi connectivity index (χ0) is 14.7. The Labute approximate surface area is 126 Å². The zero-order valence-electron chi connectivity index (χ0n) is 11.4. The average molecular weight is 301 g/mol. The highest BCUT2D eigenvalue weighted by atomic mass is 32.2. The summed E-state index contributed by atoms with van der Waals surface area (Å²) in [6.45, 7) is 0.390. The van der Waals surface area contributed by atoms with Gasteiger partial charge in [-0.05, 0) is 22.9 Å². The molecule has 1 aliphatic heterocycles. The average Bonchev–Trinajstić information content (AvgIpc) is 2.90. The van der Waals surface area contributed by atoms with Crippen LogP contribution in [-0.4, -0.2) is 30.3 Å². The van der Waals surface area contributed by atoms with Gasteiger partial charge in [0.25, 0.3) is 0 Å². The van der Waals surface area contributed by atoms with Gasteiger partial charge in [-0.1, -0.05) is 30.3 Å². The van der Waals surface area contributed by atoms with Crippen molar-refractivity contribution in [2.45, 2.75) is 17.4 Å². The summed E-state index contributed by atoms with van der Waals surface area (Å²) in [6, 6.07) is 13.7. The molecule has 2 aromatic carbocycles. The van der Waals surface area contributed by atoms with Gasteiger partial charge in [-0.2, -0.15) is 0 Å². The minimum absolute atomic E-state index is 0.142. The summed E-state index contributed by atoms with van der Waals surface area (Å²) in [5, 5.41) is 5.04. The molecule has 1 unspecified atom stereocenters. The van der Waals surface area contributed by atoms with E-state index in [1.807, 2.05) is 30.3 Å². The van der Waals surface area contributed by atoms with E-state index in [1.165, 1.54) is 17.1 Å². The Hall–Kier alpha value is -2.01. The number of carbonyl (C=O) groups excluding carboxylic acids is 2. The summed E-state index contributed by atoms with van der Waals surface area (Å²) in [5.74, 6) is -0.182. The first-order valence-corrected chi connectivity index (χ1v) is 7.78. The van der Waals surface area contributed by atoms with Gasteiger partial charge < -0.3 is 10.1 Å². The maximum atomic E-state index is 11.8. The number of rotatable bonds is 4. The van der Waals surface area contributed by atoms with Crippen molar-refractivity contribution in [2.24, 2.45) is 0 Å². The number of amides is 1.